The van der Waals surface area contributed by atoms with Gasteiger partial charge >= 0.3 is 0 Å². The second kappa shape index (κ2) is 7.43. The monoisotopic (exact) mass is 426 g/mol. The van der Waals surface area contributed by atoms with Crippen molar-refractivity contribution in [1.29, 1.82) is 0 Å². The highest BCUT2D eigenvalue weighted by atomic mass is 16.5. The minimum absolute atomic E-state index is 0.271. The molecule has 0 aromatic heterocycles. The summed E-state index contributed by atoms with van der Waals surface area (Å²) in [4.78, 5) is 4.95. The highest BCUT2D eigenvalue weighted by molar-refractivity contribution is 5.37. The molecule has 0 aromatic rings. The van der Waals surface area contributed by atoms with Crippen LogP contribution >= 0.6 is 0 Å². The Labute approximate surface area is 191 Å². The van der Waals surface area contributed by atoms with Crippen molar-refractivity contribution in [3.63, 3.8) is 0 Å². The number of allylic oxidation sites excluding steroid dienone is 4. The van der Waals surface area contributed by atoms with Crippen molar-refractivity contribution in [1.82, 2.24) is 9.80 Å². The molecule has 1 aliphatic heterocycles. The summed E-state index contributed by atoms with van der Waals surface area (Å²) in [6.07, 6.45) is 14.7. The third kappa shape index (κ3) is 3.02. The van der Waals surface area contributed by atoms with Crippen LogP contribution in [0.3, 0.4) is 0 Å². The molecule has 3 nitrogen and oxygen atoms in total. The van der Waals surface area contributed by atoms with E-state index in [1.807, 2.05) is 0 Å². The highest BCUT2D eigenvalue weighted by Crippen LogP contribution is 2.68. The van der Waals surface area contributed by atoms with Crippen molar-refractivity contribution in [2.45, 2.75) is 84.7 Å². The minimum Gasteiger partial charge on any atom is -0.365 e. The summed E-state index contributed by atoms with van der Waals surface area (Å²) in [7, 11) is 6.82. The largest absolute Gasteiger partial charge is 0.365 e. The fourth-order valence-corrected chi connectivity index (χ4v) is 9.18. The molecule has 4 aliphatic carbocycles. The molecular formula is C28H46N2O. The lowest BCUT2D eigenvalue weighted by Gasteiger charge is -2.55. The lowest BCUT2D eigenvalue weighted by Crippen LogP contribution is -2.58. The Morgan fingerprint density at radius 2 is 1.81 bits per heavy atom. The van der Waals surface area contributed by atoms with E-state index in [9.17, 15) is 0 Å². The molecule has 0 unspecified atom stereocenters. The fourth-order valence-electron chi connectivity index (χ4n) is 9.18. The zero-order chi connectivity index (χ0) is 22.2. The number of rotatable bonds is 2. The van der Waals surface area contributed by atoms with Crippen LogP contribution in [0.15, 0.2) is 23.3 Å². The van der Waals surface area contributed by atoms with Gasteiger partial charge in [0, 0.05) is 17.5 Å². The van der Waals surface area contributed by atoms with E-state index in [1.54, 1.807) is 11.1 Å². The standard InChI is InChI=1S/C28H46N2O/c1-19(29(5)6)22-13-15-28(4)24-10-9-23-20(16-21(24)12-14-27(22,28)3)8-11-25-26(23,2)17-31-18-30(25)7/h12,16,19,22-25H,8-11,13-15,17-18H2,1-7H3/t19-,22+,23+,24-,25-,26-,27+,28-/m0/s1. The summed E-state index contributed by atoms with van der Waals surface area (Å²) in [6.45, 7) is 12.1. The van der Waals surface area contributed by atoms with Crippen LogP contribution in [0.1, 0.15) is 72.6 Å². The minimum atomic E-state index is 0.271. The van der Waals surface area contributed by atoms with Crippen LogP contribution in [0.4, 0.5) is 0 Å². The van der Waals surface area contributed by atoms with Gasteiger partial charge in [-0.2, -0.15) is 0 Å². The predicted octanol–water partition coefficient (Wildman–Crippen LogP) is 5.73. The van der Waals surface area contributed by atoms with Crippen molar-refractivity contribution in [3.8, 4) is 0 Å². The smallest absolute Gasteiger partial charge is 0.0990 e. The molecule has 3 heteroatoms. The van der Waals surface area contributed by atoms with E-state index in [-0.39, 0.29) is 5.41 Å². The topological polar surface area (TPSA) is 15.7 Å². The van der Waals surface area contributed by atoms with Gasteiger partial charge in [-0.05, 0) is 107 Å². The molecule has 8 atom stereocenters. The number of hydrogen-bond donors (Lipinski definition) is 0. The van der Waals surface area contributed by atoms with Crippen LogP contribution in [0.2, 0.25) is 0 Å². The Balaban J connectivity index is 1.48. The Kier molecular flexibility index (Phi) is 5.32. The van der Waals surface area contributed by atoms with Crippen LogP contribution in [-0.2, 0) is 4.74 Å². The van der Waals surface area contributed by atoms with Gasteiger partial charge in [-0.15, -0.1) is 0 Å². The van der Waals surface area contributed by atoms with Gasteiger partial charge in [-0.1, -0.05) is 38.5 Å². The van der Waals surface area contributed by atoms with Crippen LogP contribution in [0, 0.1) is 34.0 Å². The number of ether oxygens (including phenoxy) is 1. The maximum Gasteiger partial charge on any atom is 0.0990 e. The summed E-state index contributed by atoms with van der Waals surface area (Å²) in [5.74, 6) is 2.21. The first kappa shape index (κ1) is 22.2. The van der Waals surface area contributed by atoms with Crippen molar-refractivity contribution in [2.24, 2.45) is 34.0 Å². The first-order chi connectivity index (χ1) is 14.6. The maximum absolute atomic E-state index is 6.11. The lowest BCUT2D eigenvalue weighted by atomic mass is 9.51. The molecule has 174 valence electrons. The van der Waals surface area contributed by atoms with E-state index in [2.05, 4.69) is 70.8 Å². The SMILES string of the molecule is C[C@@H]([C@H]1CC[C@@]2(C)[C@H]3CC[C@@H]4C(=CC3=CC[C@]12C)CC[C@@H]1N(C)COC[C@@]41C)N(C)C. The van der Waals surface area contributed by atoms with Crippen LogP contribution < -0.4 is 0 Å². The number of hydrogen-bond acceptors (Lipinski definition) is 3. The van der Waals surface area contributed by atoms with Crippen molar-refractivity contribution in [3.05, 3.63) is 23.3 Å². The maximum atomic E-state index is 6.11. The van der Waals surface area contributed by atoms with Gasteiger partial charge in [0.15, 0.2) is 0 Å². The van der Waals surface area contributed by atoms with E-state index in [4.69, 9.17) is 4.74 Å². The van der Waals surface area contributed by atoms with Crippen molar-refractivity contribution < 1.29 is 4.74 Å². The van der Waals surface area contributed by atoms with E-state index in [0.29, 0.717) is 28.8 Å². The van der Waals surface area contributed by atoms with Gasteiger partial charge in [-0.25, -0.2) is 0 Å². The average Bonchev–Trinajstić information content (AvgIpc) is 2.86. The van der Waals surface area contributed by atoms with Gasteiger partial charge in [0.2, 0.25) is 0 Å². The number of fused-ring (bicyclic) bond motifs is 6. The second-order valence-corrected chi connectivity index (χ2v) is 12.8. The molecule has 0 bridgehead atoms. The average molecular weight is 427 g/mol. The Bertz CT molecular complexity index is 786. The normalized spacial score (nSPS) is 48.6. The highest BCUT2D eigenvalue weighted by Gasteiger charge is 2.61. The first-order valence-corrected chi connectivity index (χ1v) is 13.0. The summed E-state index contributed by atoms with van der Waals surface area (Å²) in [6, 6.07) is 1.33. The van der Waals surface area contributed by atoms with Crippen LogP contribution in [0.5, 0.6) is 0 Å². The number of nitrogens with zero attached hydrogens (tertiary/aromatic N) is 2. The van der Waals surface area contributed by atoms with Crippen molar-refractivity contribution >= 4 is 0 Å². The molecule has 3 fully saturated rings. The molecule has 0 N–H and O–H groups in total. The van der Waals surface area contributed by atoms with Gasteiger partial charge in [0.1, 0.15) is 0 Å². The molecule has 0 radical (unpaired) electrons. The van der Waals surface area contributed by atoms with E-state index < -0.39 is 0 Å². The molecule has 0 amide bonds. The van der Waals surface area contributed by atoms with Gasteiger partial charge in [-0.3, -0.25) is 4.90 Å². The van der Waals surface area contributed by atoms with Crippen molar-refractivity contribution in [2.75, 3.05) is 34.5 Å². The molecule has 31 heavy (non-hydrogen) atoms. The Hall–Kier alpha value is -0.640. The van der Waals surface area contributed by atoms with Gasteiger partial charge in [0.05, 0.1) is 13.3 Å². The first-order valence-electron chi connectivity index (χ1n) is 13.0. The van der Waals surface area contributed by atoms with E-state index in [1.165, 1.54) is 44.9 Å². The third-order valence-electron chi connectivity index (χ3n) is 11.5. The molecule has 1 saturated heterocycles. The van der Waals surface area contributed by atoms with E-state index >= 15 is 0 Å². The quantitative estimate of drug-likeness (QED) is 0.561. The lowest BCUT2D eigenvalue weighted by molar-refractivity contribution is -0.143. The summed E-state index contributed by atoms with van der Waals surface area (Å²) >= 11 is 0. The van der Waals surface area contributed by atoms with Crippen LogP contribution in [-0.4, -0.2) is 56.4 Å². The molecular weight excluding hydrogens is 380 g/mol. The summed E-state index contributed by atoms with van der Waals surface area (Å²) in [5, 5.41) is 0. The van der Waals surface area contributed by atoms with Crippen LogP contribution in [0.25, 0.3) is 0 Å². The Morgan fingerprint density at radius 1 is 1.06 bits per heavy atom. The Morgan fingerprint density at radius 3 is 2.55 bits per heavy atom. The molecule has 5 rings (SSSR count). The molecule has 2 saturated carbocycles. The fraction of sp³-hybridized carbons (Fsp3) is 0.857. The summed E-state index contributed by atoms with van der Waals surface area (Å²) in [5.41, 5.74) is 4.56. The zero-order valence-electron chi connectivity index (χ0n) is 21.2. The molecule has 0 spiro atoms. The molecule has 0 aromatic carbocycles. The molecule has 5 aliphatic rings. The van der Waals surface area contributed by atoms with E-state index in [0.717, 1.165) is 25.2 Å². The van der Waals surface area contributed by atoms with Gasteiger partial charge in [0.25, 0.3) is 0 Å². The van der Waals surface area contributed by atoms with Gasteiger partial charge < -0.3 is 9.64 Å². The third-order valence-corrected chi connectivity index (χ3v) is 11.5. The second-order valence-electron chi connectivity index (χ2n) is 12.8. The summed E-state index contributed by atoms with van der Waals surface area (Å²) < 4.78 is 6.11. The zero-order valence-corrected chi connectivity index (χ0v) is 21.2. The predicted molar refractivity (Wildman–Crippen MR) is 129 cm³/mol. The molecule has 1 heterocycles.